The predicted octanol–water partition coefficient (Wildman–Crippen LogP) is 0.985. The molecule has 0 bridgehead atoms. The SMILES string of the molecule is COc1ccc(CNCc2ncn(C)n2)cc1C#N. The molecule has 0 saturated carbocycles. The predicted molar refractivity (Wildman–Crippen MR) is 69.3 cm³/mol. The summed E-state index contributed by atoms with van der Waals surface area (Å²) in [6.07, 6.45) is 1.66. The molecule has 2 aromatic rings. The van der Waals surface area contributed by atoms with Crippen LogP contribution in [-0.2, 0) is 20.1 Å². The second kappa shape index (κ2) is 5.98. The molecule has 1 aromatic carbocycles. The molecule has 98 valence electrons. The van der Waals surface area contributed by atoms with Gasteiger partial charge in [-0.3, -0.25) is 4.68 Å². The van der Waals surface area contributed by atoms with Gasteiger partial charge in [-0.1, -0.05) is 6.07 Å². The molecule has 1 aromatic heterocycles. The van der Waals surface area contributed by atoms with Gasteiger partial charge in [0.2, 0.25) is 0 Å². The second-order valence-corrected chi connectivity index (χ2v) is 4.08. The molecule has 6 heteroatoms. The molecule has 0 saturated heterocycles. The molecule has 2 rings (SSSR count). The Labute approximate surface area is 111 Å². The van der Waals surface area contributed by atoms with Gasteiger partial charge in [-0.25, -0.2) is 4.98 Å². The summed E-state index contributed by atoms with van der Waals surface area (Å²) in [7, 11) is 3.39. The molecule has 0 aliphatic heterocycles. The average Bonchev–Trinajstić information content (AvgIpc) is 2.84. The third-order valence-electron chi connectivity index (χ3n) is 2.64. The van der Waals surface area contributed by atoms with E-state index in [9.17, 15) is 0 Å². The van der Waals surface area contributed by atoms with E-state index in [1.807, 2.05) is 19.2 Å². The molecule has 0 atom stereocenters. The van der Waals surface area contributed by atoms with Crippen LogP contribution in [0.4, 0.5) is 0 Å². The maximum Gasteiger partial charge on any atom is 0.164 e. The number of nitriles is 1. The van der Waals surface area contributed by atoms with Crippen LogP contribution in [0.25, 0.3) is 0 Å². The van der Waals surface area contributed by atoms with Crippen molar-refractivity contribution in [1.82, 2.24) is 20.1 Å². The molecule has 1 heterocycles. The molecule has 6 nitrogen and oxygen atoms in total. The maximum absolute atomic E-state index is 9.01. The molecule has 0 aliphatic rings. The molecule has 0 spiro atoms. The van der Waals surface area contributed by atoms with Crippen LogP contribution >= 0.6 is 0 Å². The van der Waals surface area contributed by atoms with Crippen LogP contribution < -0.4 is 10.1 Å². The van der Waals surface area contributed by atoms with Crippen LogP contribution in [0.15, 0.2) is 24.5 Å². The lowest BCUT2D eigenvalue weighted by molar-refractivity contribution is 0.413. The smallest absolute Gasteiger partial charge is 0.164 e. The number of hydrogen-bond acceptors (Lipinski definition) is 5. The van der Waals surface area contributed by atoms with Gasteiger partial charge in [0, 0.05) is 13.6 Å². The normalized spacial score (nSPS) is 10.2. The molecule has 0 amide bonds. The van der Waals surface area contributed by atoms with Gasteiger partial charge in [0.1, 0.15) is 18.1 Å². The monoisotopic (exact) mass is 257 g/mol. The van der Waals surface area contributed by atoms with Crippen molar-refractivity contribution in [2.24, 2.45) is 7.05 Å². The first-order valence-electron chi connectivity index (χ1n) is 5.85. The van der Waals surface area contributed by atoms with Crippen LogP contribution in [0.3, 0.4) is 0 Å². The summed E-state index contributed by atoms with van der Waals surface area (Å²) in [6.45, 7) is 1.24. The van der Waals surface area contributed by atoms with Gasteiger partial charge >= 0.3 is 0 Å². The van der Waals surface area contributed by atoms with Gasteiger partial charge in [-0.05, 0) is 17.7 Å². The van der Waals surface area contributed by atoms with Gasteiger partial charge in [0.15, 0.2) is 5.82 Å². The summed E-state index contributed by atoms with van der Waals surface area (Å²) in [5.41, 5.74) is 1.56. The van der Waals surface area contributed by atoms with E-state index in [1.165, 1.54) is 0 Å². The first kappa shape index (κ1) is 13.1. The van der Waals surface area contributed by atoms with Crippen LogP contribution in [0, 0.1) is 11.3 Å². The number of aromatic nitrogens is 3. The molecule has 1 N–H and O–H groups in total. The highest BCUT2D eigenvalue weighted by Gasteiger charge is 2.04. The summed E-state index contributed by atoms with van der Waals surface area (Å²) < 4.78 is 6.77. The Morgan fingerprint density at radius 1 is 1.42 bits per heavy atom. The molecule has 0 aliphatic carbocycles. The number of rotatable bonds is 5. The van der Waals surface area contributed by atoms with Crippen molar-refractivity contribution in [2.75, 3.05) is 7.11 Å². The molecular formula is C13H15N5O. The van der Waals surface area contributed by atoms with E-state index < -0.39 is 0 Å². The number of aryl methyl sites for hydroxylation is 1. The zero-order valence-electron chi connectivity index (χ0n) is 10.9. The maximum atomic E-state index is 9.01. The Hall–Kier alpha value is -2.39. The van der Waals surface area contributed by atoms with E-state index in [2.05, 4.69) is 21.5 Å². The highest BCUT2D eigenvalue weighted by molar-refractivity contribution is 5.45. The molecule has 0 fully saturated rings. The lowest BCUT2D eigenvalue weighted by atomic mass is 10.1. The number of ether oxygens (including phenoxy) is 1. The standard InChI is InChI=1S/C13H15N5O/c1-18-9-16-13(17-18)8-15-7-10-3-4-12(19-2)11(5-10)6-14/h3-5,9,15H,7-8H2,1-2H3. The Morgan fingerprint density at radius 3 is 2.89 bits per heavy atom. The van der Waals surface area contributed by atoms with Crippen LogP contribution in [0.5, 0.6) is 5.75 Å². The van der Waals surface area contributed by atoms with Crippen LogP contribution in [-0.4, -0.2) is 21.9 Å². The third-order valence-corrected chi connectivity index (χ3v) is 2.64. The van der Waals surface area contributed by atoms with Gasteiger partial charge in [0.25, 0.3) is 0 Å². The highest BCUT2D eigenvalue weighted by Crippen LogP contribution is 2.18. The Kier molecular flexibility index (Phi) is 4.11. The zero-order valence-corrected chi connectivity index (χ0v) is 10.9. The van der Waals surface area contributed by atoms with E-state index in [0.717, 1.165) is 11.4 Å². The Balaban J connectivity index is 1.95. The van der Waals surface area contributed by atoms with E-state index in [0.29, 0.717) is 24.4 Å². The summed E-state index contributed by atoms with van der Waals surface area (Å²) in [6, 6.07) is 7.66. The molecule has 0 unspecified atom stereocenters. The van der Waals surface area contributed by atoms with E-state index in [1.54, 1.807) is 24.2 Å². The first-order chi connectivity index (χ1) is 9.22. The van der Waals surface area contributed by atoms with Gasteiger partial charge < -0.3 is 10.1 Å². The first-order valence-corrected chi connectivity index (χ1v) is 5.85. The van der Waals surface area contributed by atoms with Gasteiger partial charge in [0.05, 0.1) is 19.2 Å². The lowest BCUT2D eigenvalue weighted by Crippen LogP contribution is -2.14. The minimum atomic E-state index is 0.540. The lowest BCUT2D eigenvalue weighted by Gasteiger charge is -2.06. The number of nitrogens with one attached hydrogen (secondary N) is 1. The summed E-state index contributed by atoms with van der Waals surface area (Å²) in [5.74, 6) is 1.34. The number of benzene rings is 1. The van der Waals surface area contributed by atoms with Crippen molar-refractivity contribution in [2.45, 2.75) is 13.1 Å². The quantitative estimate of drug-likeness (QED) is 0.864. The number of methoxy groups -OCH3 is 1. The molecule has 19 heavy (non-hydrogen) atoms. The fourth-order valence-corrected chi connectivity index (χ4v) is 1.74. The van der Waals surface area contributed by atoms with Crippen LogP contribution in [0.1, 0.15) is 17.0 Å². The summed E-state index contributed by atoms with van der Waals surface area (Å²) in [4.78, 5) is 4.13. The Morgan fingerprint density at radius 2 is 2.26 bits per heavy atom. The summed E-state index contributed by atoms with van der Waals surface area (Å²) >= 11 is 0. The minimum absolute atomic E-state index is 0.540. The Bertz CT molecular complexity index is 599. The average molecular weight is 257 g/mol. The third kappa shape index (κ3) is 3.30. The molecular weight excluding hydrogens is 242 g/mol. The minimum Gasteiger partial charge on any atom is -0.495 e. The van der Waals surface area contributed by atoms with E-state index in [4.69, 9.17) is 10.00 Å². The summed E-state index contributed by atoms with van der Waals surface area (Å²) in [5, 5.41) is 16.4. The van der Waals surface area contributed by atoms with Crippen molar-refractivity contribution in [3.8, 4) is 11.8 Å². The van der Waals surface area contributed by atoms with Crippen molar-refractivity contribution >= 4 is 0 Å². The van der Waals surface area contributed by atoms with Gasteiger partial charge in [-0.15, -0.1) is 0 Å². The van der Waals surface area contributed by atoms with Crippen molar-refractivity contribution in [3.05, 3.63) is 41.5 Å². The fraction of sp³-hybridized carbons (Fsp3) is 0.308. The highest BCUT2D eigenvalue weighted by atomic mass is 16.5. The largest absolute Gasteiger partial charge is 0.495 e. The zero-order chi connectivity index (χ0) is 13.7. The second-order valence-electron chi connectivity index (χ2n) is 4.08. The van der Waals surface area contributed by atoms with Crippen molar-refractivity contribution in [3.63, 3.8) is 0 Å². The molecule has 0 radical (unpaired) electrons. The topological polar surface area (TPSA) is 75.8 Å². The van der Waals surface area contributed by atoms with Crippen molar-refractivity contribution in [1.29, 1.82) is 5.26 Å². The van der Waals surface area contributed by atoms with E-state index >= 15 is 0 Å². The fourth-order valence-electron chi connectivity index (χ4n) is 1.74. The van der Waals surface area contributed by atoms with Gasteiger partial charge in [-0.2, -0.15) is 10.4 Å². The number of nitrogens with zero attached hydrogens (tertiary/aromatic N) is 4. The van der Waals surface area contributed by atoms with Crippen LogP contribution in [0.2, 0.25) is 0 Å². The van der Waals surface area contributed by atoms with E-state index in [-0.39, 0.29) is 0 Å². The number of hydrogen-bond donors (Lipinski definition) is 1. The van der Waals surface area contributed by atoms with Crippen molar-refractivity contribution < 1.29 is 4.74 Å².